The second-order valence-corrected chi connectivity index (χ2v) is 8.11. The van der Waals surface area contributed by atoms with Crippen molar-refractivity contribution in [2.75, 3.05) is 18.6 Å². The van der Waals surface area contributed by atoms with Crippen LogP contribution < -0.4 is 20.5 Å². The van der Waals surface area contributed by atoms with Crippen LogP contribution in [-0.2, 0) is 6.54 Å². The second-order valence-electron chi connectivity index (χ2n) is 8.11. The third kappa shape index (κ3) is 3.39. The SMILES string of the molecule is COc1ccc2c(c1)C1NNC(c3ccccc3)C1CN2Cc1cccc(C)c1. The van der Waals surface area contributed by atoms with Gasteiger partial charge in [-0.1, -0.05) is 60.2 Å². The fraction of sp³-hybridized carbons (Fsp3) is 0.280. The van der Waals surface area contributed by atoms with Crippen LogP contribution in [0.2, 0.25) is 0 Å². The number of aryl methyl sites for hydroxylation is 1. The van der Waals surface area contributed by atoms with Gasteiger partial charge in [0.15, 0.2) is 0 Å². The summed E-state index contributed by atoms with van der Waals surface area (Å²) in [6, 6.07) is 26.6. The molecular weight excluding hydrogens is 358 g/mol. The third-order valence-electron chi connectivity index (χ3n) is 6.21. The van der Waals surface area contributed by atoms with E-state index in [0.29, 0.717) is 5.92 Å². The fourth-order valence-corrected chi connectivity index (χ4v) is 4.83. The Morgan fingerprint density at radius 3 is 2.55 bits per heavy atom. The van der Waals surface area contributed by atoms with Gasteiger partial charge in [0.25, 0.3) is 0 Å². The van der Waals surface area contributed by atoms with E-state index in [9.17, 15) is 0 Å². The van der Waals surface area contributed by atoms with Crippen molar-refractivity contribution >= 4 is 5.69 Å². The number of hydrogen-bond donors (Lipinski definition) is 2. The average molecular weight is 386 g/mol. The van der Waals surface area contributed by atoms with Crippen molar-refractivity contribution in [1.82, 2.24) is 10.9 Å². The lowest BCUT2D eigenvalue weighted by Gasteiger charge is -2.39. The highest BCUT2D eigenvalue weighted by atomic mass is 16.5. The van der Waals surface area contributed by atoms with Gasteiger partial charge >= 0.3 is 0 Å². The van der Waals surface area contributed by atoms with Gasteiger partial charge < -0.3 is 9.64 Å². The quantitative estimate of drug-likeness (QED) is 0.692. The zero-order chi connectivity index (χ0) is 19.8. The molecule has 0 aliphatic carbocycles. The summed E-state index contributed by atoms with van der Waals surface area (Å²) in [6.45, 7) is 4.06. The number of methoxy groups -OCH3 is 1. The first-order chi connectivity index (χ1) is 14.2. The van der Waals surface area contributed by atoms with E-state index in [0.717, 1.165) is 18.8 Å². The maximum absolute atomic E-state index is 5.54. The molecule has 0 aromatic heterocycles. The minimum absolute atomic E-state index is 0.263. The van der Waals surface area contributed by atoms with E-state index in [1.54, 1.807) is 7.11 Å². The van der Waals surface area contributed by atoms with Crippen LogP contribution in [0.3, 0.4) is 0 Å². The minimum Gasteiger partial charge on any atom is -0.497 e. The summed E-state index contributed by atoms with van der Waals surface area (Å²) in [4.78, 5) is 2.52. The Kier molecular flexibility index (Phi) is 4.74. The number of anilines is 1. The van der Waals surface area contributed by atoms with E-state index in [1.807, 2.05) is 0 Å². The molecule has 2 heterocycles. The molecule has 3 atom stereocenters. The van der Waals surface area contributed by atoms with Crippen molar-refractivity contribution in [2.45, 2.75) is 25.6 Å². The van der Waals surface area contributed by atoms with Gasteiger partial charge in [-0.3, -0.25) is 0 Å². The molecule has 3 aromatic carbocycles. The molecule has 29 heavy (non-hydrogen) atoms. The molecule has 0 spiro atoms. The number of rotatable bonds is 4. The first-order valence-corrected chi connectivity index (χ1v) is 10.3. The standard InChI is InChI=1S/C25H27N3O/c1-17-7-6-8-18(13-17)15-28-16-22-24(19-9-4-3-5-10-19)26-27-25(22)21-14-20(29-2)11-12-23(21)28/h3-14,22,24-27H,15-16H2,1-2H3. The first kappa shape index (κ1) is 18.2. The molecule has 148 valence electrons. The molecule has 0 bridgehead atoms. The van der Waals surface area contributed by atoms with Gasteiger partial charge in [-0.05, 0) is 41.8 Å². The predicted molar refractivity (Wildman–Crippen MR) is 117 cm³/mol. The van der Waals surface area contributed by atoms with Gasteiger partial charge in [-0.2, -0.15) is 0 Å². The van der Waals surface area contributed by atoms with Gasteiger partial charge in [-0.25, -0.2) is 10.9 Å². The maximum Gasteiger partial charge on any atom is 0.119 e. The number of nitrogens with zero attached hydrogens (tertiary/aromatic N) is 1. The lowest BCUT2D eigenvalue weighted by atomic mass is 9.82. The average Bonchev–Trinajstić information content (AvgIpc) is 3.18. The van der Waals surface area contributed by atoms with E-state index in [2.05, 4.69) is 95.5 Å². The number of hydrazine groups is 1. The molecule has 0 radical (unpaired) electrons. The Hall–Kier alpha value is -2.82. The van der Waals surface area contributed by atoms with E-state index in [4.69, 9.17) is 4.74 Å². The summed E-state index contributed by atoms with van der Waals surface area (Å²) in [5.41, 5.74) is 13.7. The molecule has 1 saturated heterocycles. The largest absolute Gasteiger partial charge is 0.497 e. The molecule has 3 unspecified atom stereocenters. The number of hydrogen-bond acceptors (Lipinski definition) is 4. The zero-order valence-electron chi connectivity index (χ0n) is 16.9. The highest BCUT2D eigenvalue weighted by molar-refractivity contribution is 5.61. The predicted octanol–water partition coefficient (Wildman–Crippen LogP) is 4.53. The molecular formula is C25H27N3O. The van der Waals surface area contributed by atoms with Crippen LogP contribution in [0.1, 0.15) is 34.3 Å². The third-order valence-corrected chi connectivity index (χ3v) is 6.21. The Bertz CT molecular complexity index is 1000. The molecule has 0 amide bonds. The van der Waals surface area contributed by atoms with Crippen LogP contribution in [0.4, 0.5) is 5.69 Å². The van der Waals surface area contributed by atoms with Crippen molar-refractivity contribution in [3.63, 3.8) is 0 Å². The van der Waals surface area contributed by atoms with Crippen LogP contribution in [-0.4, -0.2) is 13.7 Å². The first-order valence-electron chi connectivity index (χ1n) is 10.3. The summed E-state index contributed by atoms with van der Waals surface area (Å²) < 4.78 is 5.54. The van der Waals surface area contributed by atoms with Crippen LogP contribution in [0.25, 0.3) is 0 Å². The van der Waals surface area contributed by atoms with Gasteiger partial charge in [0, 0.05) is 24.7 Å². The van der Waals surface area contributed by atoms with Crippen molar-refractivity contribution in [3.8, 4) is 5.75 Å². The van der Waals surface area contributed by atoms with Gasteiger partial charge in [-0.15, -0.1) is 0 Å². The van der Waals surface area contributed by atoms with Gasteiger partial charge in [0.1, 0.15) is 5.75 Å². The summed E-state index contributed by atoms with van der Waals surface area (Å²) in [7, 11) is 1.74. The van der Waals surface area contributed by atoms with Crippen molar-refractivity contribution in [3.05, 3.63) is 95.1 Å². The molecule has 2 aliphatic rings. The Morgan fingerprint density at radius 1 is 0.931 bits per heavy atom. The van der Waals surface area contributed by atoms with Crippen molar-refractivity contribution in [1.29, 1.82) is 0 Å². The second kappa shape index (κ2) is 7.54. The molecule has 4 heteroatoms. The molecule has 5 rings (SSSR count). The van der Waals surface area contributed by atoms with Crippen molar-refractivity contribution in [2.24, 2.45) is 5.92 Å². The Morgan fingerprint density at radius 2 is 1.76 bits per heavy atom. The molecule has 0 saturated carbocycles. The zero-order valence-corrected chi connectivity index (χ0v) is 16.9. The Labute approximate surface area is 172 Å². The number of benzene rings is 3. The maximum atomic E-state index is 5.54. The van der Waals surface area contributed by atoms with E-state index >= 15 is 0 Å². The Balaban J connectivity index is 1.53. The molecule has 3 aromatic rings. The highest BCUT2D eigenvalue weighted by Crippen LogP contribution is 2.46. The normalized spacial score (nSPS) is 22.8. The lowest BCUT2D eigenvalue weighted by Crippen LogP contribution is -2.39. The molecule has 1 fully saturated rings. The van der Waals surface area contributed by atoms with Gasteiger partial charge in [0.05, 0.1) is 19.2 Å². The topological polar surface area (TPSA) is 36.5 Å². The summed E-state index contributed by atoms with van der Waals surface area (Å²) in [6.07, 6.45) is 0. The highest BCUT2D eigenvalue weighted by Gasteiger charge is 2.43. The van der Waals surface area contributed by atoms with Crippen LogP contribution in [0.15, 0.2) is 72.8 Å². The lowest BCUT2D eigenvalue weighted by molar-refractivity contribution is 0.393. The summed E-state index contributed by atoms with van der Waals surface area (Å²) in [5, 5.41) is 0. The van der Waals surface area contributed by atoms with Gasteiger partial charge in [0.2, 0.25) is 0 Å². The minimum atomic E-state index is 0.263. The van der Waals surface area contributed by atoms with Crippen LogP contribution in [0, 0.1) is 12.8 Å². The smallest absolute Gasteiger partial charge is 0.119 e. The van der Waals surface area contributed by atoms with E-state index < -0.39 is 0 Å². The van der Waals surface area contributed by atoms with Crippen molar-refractivity contribution < 1.29 is 4.74 Å². The van der Waals surface area contributed by atoms with Crippen LogP contribution in [0.5, 0.6) is 5.75 Å². The van der Waals surface area contributed by atoms with E-state index in [-0.39, 0.29) is 12.1 Å². The number of ether oxygens (including phenoxy) is 1. The molecule has 2 N–H and O–H groups in total. The number of fused-ring (bicyclic) bond motifs is 3. The molecule has 2 aliphatic heterocycles. The summed E-state index contributed by atoms with van der Waals surface area (Å²) in [5.74, 6) is 1.34. The van der Waals surface area contributed by atoms with E-state index in [1.165, 1.54) is 27.9 Å². The fourth-order valence-electron chi connectivity index (χ4n) is 4.83. The van der Waals surface area contributed by atoms with Crippen LogP contribution >= 0.6 is 0 Å². The molecule has 4 nitrogen and oxygen atoms in total. The number of nitrogens with one attached hydrogen (secondary N) is 2. The summed E-state index contributed by atoms with van der Waals surface area (Å²) >= 11 is 0. The monoisotopic (exact) mass is 385 g/mol.